The fourth-order valence-electron chi connectivity index (χ4n) is 1.95. The fraction of sp³-hybridized carbons (Fsp3) is 0.333. The average Bonchev–Trinajstić information content (AvgIpc) is 3.25. The van der Waals surface area contributed by atoms with Gasteiger partial charge in [0.25, 0.3) is 0 Å². The van der Waals surface area contributed by atoms with E-state index in [9.17, 15) is 4.79 Å². The van der Waals surface area contributed by atoms with Gasteiger partial charge in [0.1, 0.15) is 6.33 Å². The lowest BCUT2D eigenvalue weighted by atomic mass is 10.1. The number of hydrogen-bond acceptors (Lipinski definition) is 8. The van der Waals surface area contributed by atoms with Gasteiger partial charge < -0.3 is 5.32 Å². The number of aromatic nitrogens is 6. The Morgan fingerprint density at radius 3 is 2.76 bits per heavy atom. The van der Waals surface area contributed by atoms with E-state index in [2.05, 4.69) is 44.9 Å². The zero-order valence-electron chi connectivity index (χ0n) is 13.8. The zero-order chi connectivity index (χ0) is 17.6. The molecule has 0 aliphatic carbocycles. The largest absolute Gasteiger partial charge is 0.300 e. The van der Waals surface area contributed by atoms with Crippen LogP contribution in [-0.4, -0.2) is 42.1 Å². The number of tetrazole rings is 1. The van der Waals surface area contributed by atoms with E-state index in [1.165, 1.54) is 17.7 Å². The third kappa shape index (κ3) is 5.07. The first-order chi connectivity index (χ1) is 12.1. The third-order valence-electron chi connectivity index (χ3n) is 3.11. The molecule has 3 rings (SSSR count). The van der Waals surface area contributed by atoms with E-state index < -0.39 is 0 Å². The highest BCUT2D eigenvalue weighted by atomic mass is 32.2. The van der Waals surface area contributed by atoms with Crippen LogP contribution in [0.15, 0.2) is 34.9 Å². The Labute approximate surface area is 153 Å². The minimum Gasteiger partial charge on any atom is -0.300 e. The van der Waals surface area contributed by atoms with Crippen LogP contribution in [0.4, 0.5) is 5.13 Å². The van der Waals surface area contributed by atoms with Gasteiger partial charge in [-0.25, -0.2) is 4.68 Å². The molecule has 0 spiro atoms. The molecule has 1 N–H and O–H groups in total. The maximum atomic E-state index is 12.2. The summed E-state index contributed by atoms with van der Waals surface area (Å²) in [5.74, 6) is 1.45. The van der Waals surface area contributed by atoms with Crippen LogP contribution in [-0.2, 0) is 11.2 Å². The molecule has 130 valence electrons. The van der Waals surface area contributed by atoms with Gasteiger partial charge in [-0.2, -0.15) is 0 Å². The molecular weight excluding hydrogens is 358 g/mol. The summed E-state index contributed by atoms with van der Waals surface area (Å²) >= 11 is 3.05. The first kappa shape index (κ1) is 17.5. The van der Waals surface area contributed by atoms with Crippen molar-refractivity contribution in [3.8, 4) is 5.69 Å². The topological polar surface area (TPSA) is 98.5 Å². The second-order valence-corrected chi connectivity index (χ2v) is 7.97. The number of amides is 1. The molecule has 1 amide bonds. The van der Waals surface area contributed by atoms with Crippen LogP contribution in [0.2, 0.25) is 0 Å². The molecule has 2 heterocycles. The Morgan fingerprint density at radius 2 is 2.08 bits per heavy atom. The molecule has 0 aliphatic heterocycles. The molecular formula is C15H17N7OS2. The van der Waals surface area contributed by atoms with Crippen LogP contribution in [0.3, 0.4) is 0 Å². The van der Waals surface area contributed by atoms with Crippen LogP contribution in [0.1, 0.15) is 19.4 Å². The number of anilines is 1. The van der Waals surface area contributed by atoms with E-state index >= 15 is 0 Å². The van der Waals surface area contributed by atoms with Crippen LogP contribution in [0.25, 0.3) is 5.69 Å². The SMILES string of the molecule is CC(C)CSc1nnc(NC(=O)Cc2ccc(-n3cnnn3)cc2)s1. The number of benzene rings is 1. The first-order valence-electron chi connectivity index (χ1n) is 7.68. The average molecular weight is 375 g/mol. The van der Waals surface area contributed by atoms with Gasteiger partial charge in [0.15, 0.2) is 4.34 Å². The Bertz CT molecular complexity index is 815. The summed E-state index contributed by atoms with van der Waals surface area (Å²) in [6.07, 6.45) is 1.79. The quantitative estimate of drug-likeness (QED) is 0.500. The second-order valence-electron chi connectivity index (χ2n) is 5.72. The predicted octanol–water partition coefficient (Wildman–Crippen LogP) is 2.44. The summed E-state index contributed by atoms with van der Waals surface area (Å²) in [7, 11) is 0. The molecule has 0 fully saturated rings. The number of hydrogen-bond donors (Lipinski definition) is 1. The first-order valence-corrected chi connectivity index (χ1v) is 9.49. The van der Waals surface area contributed by atoms with Gasteiger partial charge >= 0.3 is 0 Å². The monoisotopic (exact) mass is 375 g/mol. The maximum absolute atomic E-state index is 12.2. The Morgan fingerprint density at radius 1 is 1.28 bits per heavy atom. The minimum absolute atomic E-state index is 0.119. The van der Waals surface area contributed by atoms with Crippen LogP contribution in [0, 0.1) is 5.92 Å². The second kappa shape index (κ2) is 8.17. The lowest BCUT2D eigenvalue weighted by Crippen LogP contribution is -2.14. The summed E-state index contributed by atoms with van der Waals surface area (Å²) < 4.78 is 2.43. The molecule has 10 heteroatoms. The van der Waals surface area contributed by atoms with Gasteiger partial charge in [-0.15, -0.1) is 15.3 Å². The minimum atomic E-state index is -0.119. The molecule has 3 aromatic rings. The third-order valence-corrected chi connectivity index (χ3v) is 5.51. The Balaban J connectivity index is 1.54. The van der Waals surface area contributed by atoms with Crippen LogP contribution < -0.4 is 5.32 Å². The summed E-state index contributed by atoms with van der Waals surface area (Å²) in [5, 5.41) is 22.4. The van der Waals surface area contributed by atoms with Gasteiger partial charge in [-0.3, -0.25) is 4.79 Å². The van der Waals surface area contributed by atoms with Gasteiger partial charge in [0.05, 0.1) is 12.1 Å². The summed E-state index contributed by atoms with van der Waals surface area (Å²) in [6, 6.07) is 7.48. The lowest BCUT2D eigenvalue weighted by Gasteiger charge is -2.03. The molecule has 1 aromatic carbocycles. The van der Waals surface area contributed by atoms with Crippen molar-refractivity contribution >= 4 is 34.1 Å². The van der Waals surface area contributed by atoms with Crippen molar-refractivity contribution in [2.75, 3.05) is 11.1 Å². The highest BCUT2D eigenvalue weighted by Crippen LogP contribution is 2.26. The van der Waals surface area contributed by atoms with E-state index in [1.54, 1.807) is 16.4 Å². The van der Waals surface area contributed by atoms with Crippen molar-refractivity contribution in [2.24, 2.45) is 5.92 Å². The molecule has 0 saturated carbocycles. The summed E-state index contributed by atoms with van der Waals surface area (Å²) in [6.45, 7) is 4.31. The molecule has 0 unspecified atom stereocenters. The lowest BCUT2D eigenvalue weighted by molar-refractivity contribution is -0.115. The van der Waals surface area contributed by atoms with Crippen molar-refractivity contribution in [1.82, 2.24) is 30.4 Å². The van der Waals surface area contributed by atoms with E-state index in [1.807, 2.05) is 24.3 Å². The number of rotatable bonds is 7. The highest BCUT2D eigenvalue weighted by Gasteiger charge is 2.10. The normalized spacial score (nSPS) is 11.0. The summed E-state index contributed by atoms with van der Waals surface area (Å²) in [5.41, 5.74) is 1.73. The molecule has 8 nitrogen and oxygen atoms in total. The van der Waals surface area contributed by atoms with E-state index in [4.69, 9.17) is 0 Å². The van der Waals surface area contributed by atoms with Crippen molar-refractivity contribution < 1.29 is 4.79 Å². The highest BCUT2D eigenvalue weighted by molar-refractivity contribution is 8.01. The fourth-order valence-corrected chi connectivity index (χ4v) is 3.70. The molecule has 0 saturated heterocycles. The Kier molecular flexibility index (Phi) is 5.71. The van der Waals surface area contributed by atoms with Gasteiger partial charge in [-0.05, 0) is 34.0 Å². The zero-order valence-corrected chi connectivity index (χ0v) is 15.4. The summed E-state index contributed by atoms with van der Waals surface area (Å²) in [4.78, 5) is 12.2. The number of carbonyl (C=O) groups is 1. The standard InChI is InChI=1S/C15H17N7OS2/c1-10(2)8-24-15-19-18-14(25-15)17-13(23)7-11-3-5-12(6-4-11)22-9-16-20-21-22/h3-6,9-10H,7-8H2,1-2H3,(H,17,18,23). The van der Waals surface area contributed by atoms with Gasteiger partial charge in [0.2, 0.25) is 11.0 Å². The number of carbonyl (C=O) groups excluding carboxylic acids is 1. The number of thioether (sulfide) groups is 1. The van der Waals surface area contributed by atoms with Crippen molar-refractivity contribution in [3.63, 3.8) is 0 Å². The van der Waals surface area contributed by atoms with E-state index in [-0.39, 0.29) is 12.3 Å². The van der Waals surface area contributed by atoms with Crippen molar-refractivity contribution in [3.05, 3.63) is 36.2 Å². The molecule has 0 atom stereocenters. The number of nitrogens with one attached hydrogen (secondary N) is 1. The van der Waals surface area contributed by atoms with Gasteiger partial charge in [-0.1, -0.05) is 49.1 Å². The van der Waals surface area contributed by atoms with Gasteiger partial charge in [0, 0.05) is 5.75 Å². The van der Waals surface area contributed by atoms with Crippen LogP contribution >= 0.6 is 23.1 Å². The maximum Gasteiger partial charge on any atom is 0.230 e. The van der Waals surface area contributed by atoms with E-state index in [0.29, 0.717) is 11.0 Å². The molecule has 2 aromatic heterocycles. The number of nitrogens with zero attached hydrogens (tertiary/aromatic N) is 6. The Hall–Kier alpha value is -2.33. The van der Waals surface area contributed by atoms with Crippen LogP contribution in [0.5, 0.6) is 0 Å². The molecule has 25 heavy (non-hydrogen) atoms. The predicted molar refractivity (Wildman–Crippen MR) is 97.0 cm³/mol. The molecule has 0 aliphatic rings. The van der Waals surface area contributed by atoms with Crippen molar-refractivity contribution in [1.29, 1.82) is 0 Å². The van der Waals surface area contributed by atoms with Crippen molar-refractivity contribution in [2.45, 2.75) is 24.6 Å². The van der Waals surface area contributed by atoms with E-state index in [0.717, 1.165) is 21.3 Å². The molecule has 0 radical (unpaired) electrons. The smallest absolute Gasteiger partial charge is 0.230 e. The molecule has 0 bridgehead atoms.